The molecular formula is C20H23NO7. The van der Waals surface area contributed by atoms with E-state index in [1.165, 1.54) is 21.3 Å². The average molecular weight is 389 g/mol. The number of carboxylic acids is 1. The maximum absolute atomic E-state index is 12.8. The number of carboxylic acid groups (broad SMARTS) is 1. The van der Waals surface area contributed by atoms with Crippen LogP contribution in [0.25, 0.3) is 0 Å². The standard InChI is InChI=1S/C20H23NO7/c1-21(11-13-5-7-15(8-6-13)28-12-18(22)23)20(24)14-9-16(25-2)19(27-4)17(10-14)26-3/h5-10H,11-12H2,1-4H3,(H,22,23). The Morgan fingerprint density at radius 3 is 2.00 bits per heavy atom. The van der Waals surface area contributed by atoms with Crippen molar-refractivity contribution in [2.45, 2.75) is 6.54 Å². The number of carbonyl (C=O) groups is 2. The van der Waals surface area contributed by atoms with Crippen LogP contribution in [0.5, 0.6) is 23.0 Å². The molecule has 2 aromatic rings. The van der Waals surface area contributed by atoms with E-state index in [1.807, 2.05) is 0 Å². The lowest BCUT2D eigenvalue weighted by Gasteiger charge is -2.19. The largest absolute Gasteiger partial charge is 0.493 e. The van der Waals surface area contributed by atoms with Crippen LogP contribution in [-0.2, 0) is 11.3 Å². The quantitative estimate of drug-likeness (QED) is 0.704. The molecule has 0 saturated heterocycles. The minimum absolute atomic E-state index is 0.217. The third-order valence-corrected chi connectivity index (χ3v) is 3.96. The molecule has 0 heterocycles. The van der Waals surface area contributed by atoms with Crippen LogP contribution >= 0.6 is 0 Å². The molecule has 28 heavy (non-hydrogen) atoms. The Bertz CT molecular complexity index is 808. The zero-order valence-corrected chi connectivity index (χ0v) is 16.2. The number of benzene rings is 2. The summed E-state index contributed by atoms with van der Waals surface area (Å²) in [4.78, 5) is 24.9. The minimum Gasteiger partial charge on any atom is -0.493 e. The molecule has 0 aliphatic rings. The van der Waals surface area contributed by atoms with E-state index >= 15 is 0 Å². The Labute approximate surface area is 163 Å². The fourth-order valence-electron chi connectivity index (χ4n) is 2.61. The first-order valence-electron chi connectivity index (χ1n) is 8.38. The fraction of sp³-hybridized carbons (Fsp3) is 0.300. The van der Waals surface area contributed by atoms with Gasteiger partial charge in [0.2, 0.25) is 5.75 Å². The number of carbonyl (C=O) groups excluding carboxylic acids is 1. The first-order valence-corrected chi connectivity index (χ1v) is 8.38. The number of hydrogen-bond donors (Lipinski definition) is 1. The molecule has 0 atom stereocenters. The van der Waals surface area contributed by atoms with Gasteiger partial charge in [-0.1, -0.05) is 12.1 Å². The molecule has 0 aliphatic carbocycles. The van der Waals surface area contributed by atoms with Gasteiger partial charge in [-0.25, -0.2) is 4.79 Å². The summed E-state index contributed by atoms with van der Waals surface area (Å²) in [5.41, 5.74) is 1.27. The Balaban J connectivity index is 2.13. The SMILES string of the molecule is COc1cc(C(=O)N(C)Cc2ccc(OCC(=O)O)cc2)cc(OC)c1OC. The van der Waals surface area contributed by atoms with E-state index in [9.17, 15) is 9.59 Å². The van der Waals surface area contributed by atoms with Crippen LogP contribution in [0.1, 0.15) is 15.9 Å². The highest BCUT2D eigenvalue weighted by Crippen LogP contribution is 2.38. The van der Waals surface area contributed by atoms with Crippen LogP contribution in [0.2, 0.25) is 0 Å². The zero-order valence-electron chi connectivity index (χ0n) is 16.2. The van der Waals surface area contributed by atoms with Crippen molar-refractivity contribution in [3.8, 4) is 23.0 Å². The third-order valence-electron chi connectivity index (χ3n) is 3.96. The normalized spacial score (nSPS) is 10.1. The van der Waals surface area contributed by atoms with Crippen LogP contribution in [0.15, 0.2) is 36.4 Å². The minimum atomic E-state index is -1.04. The summed E-state index contributed by atoms with van der Waals surface area (Å²) < 4.78 is 20.9. The Morgan fingerprint density at radius 2 is 1.54 bits per heavy atom. The zero-order chi connectivity index (χ0) is 20.7. The lowest BCUT2D eigenvalue weighted by molar-refractivity contribution is -0.139. The predicted molar refractivity (Wildman–Crippen MR) is 101 cm³/mol. The van der Waals surface area contributed by atoms with E-state index in [2.05, 4.69) is 0 Å². The molecule has 0 spiro atoms. The molecule has 150 valence electrons. The Hall–Kier alpha value is -3.42. The van der Waals surface area contributed by atoms with Crippen molar-refractivity contribution >= 4 is 11.9 Å². The molecule has 1 amide bonds. The number of ether oxygens (including phenoxy) is 4. The summed E-state index contributed by atoms with van der Waals surface area (Å²) >= 11 is 0. The van der Waals surface area contributed by atoms with Crippen molar-refractivity contribution < 1.29 is 33.6 Å². The van der Waals surface area contributed by atoms with Gasteiger partial charge in [-0.05, 0) is 29.8 Å². The highest BCUT2D eigenvalue weighted by atomic mass is 16.5. The Kier molecular flexibility index (Phi) is 7.08. The van der Waals surface area contributed by atoms with Gasteiger partial charge in [-0.3, -0.25) is 4.79 Å². The monoisotopic (exact) mass is 389 g/mol. The van der Waals surface area contributed by atoms with E-state index in [-0.39, 0.29) is 5.91 Å². The first-order chi connectivity index (χ1) is 13.4. The van der Waals surface area contributed by atoms with E-state index in [0.717, 1.165) is 5.56 Å². The highest BCUT2D eigenvalue weighted by molar-refractivity contribution is 5.95. The molecule has 2 aromatic carbocycles. The van der Waals surface area contributed by atoms with Gasteiger partial charge in [0.25, 0.3) is 5.91 Å². The van der Waals surface area contributed by atoms with Crippen LogP contribution in [-0.4, -0.2) is 56.9 Å². The third kappa shape index (κ3) is 5.06. The van der Waals surface area contributed by atoms with Crippen molar-refractivity contribution in [3.63, 3.8) is 0 Å². The van der Waals surface area contributed by atoms with E-state index < -0.39 is 12.6 Å². The average Bonchev–Trinajstić information content (AvgIpc) is 2.71. The van der Waals surface area contributed by atoms with Crippen molar-refractivity contribution in [1.82, 2.24) is 4.90 Å². The summed E-state index contributed by atoms with van der Waals surface area (Å²) in [6.07, 6.45) is 0. The highest BCUT2D eigenvalue weighted by Gasteiger charge is 2.19. The number of aliphatic carboxylic acids is 1. The predicted octanol–water partition coefficient (Wildman–Crippen LogP) is 2.45. The number of amides is 1. The van der Waals surface area contributed by atoms with Crippen LogP contribution in [0.3, 0.4) is 0 Å². The summed E-state index contributed by atoms with van der Waals surface area (Å²) in [6, 6.07) is 10.1. The van der Waals surface area contributed by atoms with Crippen LogP contribution in [0.4, 0.5) is 0 Å². The molecule has 0 saturated carbocycles. The molecule has 0 aromatic heterocycles. The van der Waals surface area contributed by atoms with E-state index in [4.69, 9.17) is 24.1 Å². The molecule has 8 heteroatoms. The van der Waals surface area contributed by atoms with Gasteiger partial charge in [0.15, 0.2) is 18.1 Å². The van der Waals surface area contributed by atoms with Crippen LogP contribution in [0, 0.1) is 0 Å². The number of rotatable bonds is 9. The van der Waals surface area contributed by atoms with E-state index in [1.54, 1.807) is 48.3 Å². The molecule has 0 aliphatic heterocycles. The molecular weight excluding hydrogens is 366 g/mol. The second-order valence-corrected chi connectivity index (χ2v) is 5.90. The number of nitrogens with zero attached hydrogens (tertiary/aromatic N) is 1. The van der Waals surface area contributed by atoms with Gasteiger partial charge in [0.1, 0.15) is 5.75 Å². The Morgan fingerprint density at radius 1 is 0.964 bits per heavy atom. The van der Waals surface area contributed by atoms with Crippen molar-refractivity contribution in [1.29, 1.82) is 0 Å². The number of hydrogen-bond acceptors (Lipinski definition) is 6. The lowest BCUT2D eigenvalue weighted by atomic mass is 10.1. The lowest BCUT2D eigenvalue weighted by Crippen LogP contribution is -2.26. The summed E-state index contributed by atoms with van der Waals surface area (Å²) in [6.45, 7) is -0.0480. The second kappa shape index (κ2) is 9.50. The van der Waals surface area contributed by atoms with Gasteiger partial charge in [0.05, 0.1) is 21.3 Å². The molecule has 0 fully saturated rings. The fourth-order valence-corrected chi connectivity index (χ4v) is 2.61. The molecule has 0 unspecified atom stereocenters. The first kappa shape index (κ1) is 20.9. The van der Waals surface area contributed by atoms with Gasteiger partial charge in [-0.15, -0.1) is 0 Å². The summed E-state index contributed by atoms with van der Waals surface area (Å²) in [7, 11) is 6.16. The van der Waals surface area contributed by atoms with Gasteiger partial charge in [0, 0.05) is 19.2 Å². The molecule has 2 rings (SSSR count). The molecule has 8 nitrogen and oxygen atoms in total. The smallest absolute Gasteiger partial charge is 0.341 e. The molecule has 0 bridgehead atoms. The van der Waals surface area contributed by atoms with Crippen molar-refractivity contribution in [2.75, 3.05) is 35.0 Å². The van der Waals surface area contributed by atoms with E-state index in [0.29, 0.717) is 35.1 Å². The van der Waals surface area contributed by atoms with Crippen LogP contribution < -0.4 is 18.9 Å². The van der Waals surface area contributed by atoms with Gasteiger partial charge < -0.3 is 29.0 Å². The second-order valence-electron chi connectivity index (χ2n) is 5.90. The molecule has 0 radical (unpaired) electrons. The topological polar surface area (TPSA) is 94.5 Å². The van der Waals surface area contributed by atoms with Crippen molar-refractivity contribution in [3.05, 3.63) is 47.5 Å². The van der Waals surface area contributed by atoms with Gasteiger partial charge in [-0.2, -0.15) is 0 Å². The van der Waals surface area contributed by atoms with Crippen molar-refractivity contribution in [2.24, 2.45) is 0 Å². The maximum atomic E-state index is 12.8. The maximum Gasteiger partial charge on any atom is 0.341 e. The molecule has 1 N–H and O–H groups in total. The summed E-state index contributed by atoms with van der Waals surface area (Å²) in [5.74, 6) is 0.410. The van der Waals surface area contributed by atoms with Gasteiger partial charge >= 0.3 is 5.97 Å². The number of methoxy groups -OCH3 is 3. The summed E-state index contributed by atoms with van der Waals surface area (Å²) in [5, 5.41) is 8.63.